The standard InChI is InChI=1S/C23H31N9O2/c33-22(13-19-9-6-10-24-14-19)26-21-17-32(30-28-21)12-5-4-11-31-16-20(27-29-31)23(34)25-15-18-7-2-1-3-8-18/h6,9-10,14,16-18H,1-5,7-8,11-13,15H2,(H,25,34)(H,26,33). The second-order valence-electron chi connectivity index (χ2n) is 8.74. The average molecular weight is 466 g/mol. The Kier molecular flexibility index (Phi) is 8.31. The molecule has 0 radical (unpaired) electrons. The Bertz CT molecular complexity index is 1060. The molecule has 1 fully saturated rings. The van der Waals surface area contributed by atoms with Gasteiger partial charge in [0.05, 0.1) is 18.8 Å². The molecule has 0 atom stereocenters. The highest BCUT2D eigenvalue weighted by Crippen LogP contribution is 2.22. The van der Waals surface area contributed by atoms with Gasteiger partial charge in [-0.15, -0.1) is 10.2 Å². The van der Waals surface area contributed by atoms with Gasteiger partial charge in [-0.2, -0.15) is 0 Å². The molecule has 0 aliphatic heterocycles. The SMILES string of the molecule is O=C(Cc1cccnc1)Nc1cn(CCCCn2cc(C(=O)NCC3CCCCC3)nn2)nn1. The van der Waals surface area contributed by atoms with Crippen molar-refractivity contribution in [1.82, 2.24) is 40.3 Å². The Hall–Kier alpha value is -3.63. The lowest BCUT2D eigenvalue weighted by Gasteiger charge is -2.21. The maximum Gasteiger partial charge on any atom is 0.273 e. The van der Waals surface area contributed by atoms with E-state index in [4.69, 9.17) is 0 Å². The van der Waals surface area contributed by atoms with Crippen molar-refractivity contribution >= 4 is 17.6 Å². The van der Waals surface area contributed by atoms with Crippen LogP contribution in [0, 0.1) is 5.92 Å². The number of hydrogen-bond donors (Lipinski definition) is 2. The molecule has 0 saturated heterocycles. The lowest BCUT2D eigenvalue weighted by Crippen LogP contribution is -2.30. The lowest BCUT2D eigenvalue weighted by atomic mass is 9.89. The van der Waals surface area contributed by atoms with Crippen molar-refractivity contribution in [3.63, 3.8) is 0 Å². The van der Waals surface area contributed by atoms with E-state index in [2.05, 4.69) is 36.2 Å². The summed E-state index contributed by atoms with van der Waals surface area (Å²) in [5, 5.41) is 21.9. The largest absolute Gasteiger partial charge is 0.350 e. The molecule has 4 rings (SSSR count). The molecule has 0 aromatic carbocycles. The fraction of sp³-hybridized carbons (Fsp3) is 0.522. The lowest BCUT2D eigenvalue weighted by molar-refractivity contribution is -0.115. The van der Waals surface area contributed by atoms with Gasteiger partial charge in [0.15, 0.2) is 11.5 Å². The second kappa shape index (κ2) is 12.0. The molecule has 2 amide bonds. The molecular formula is C23H31N9O2. The summed E-state index contributed by atoms with van der Waals surface area (Å²) in [6.45, 7) is 2.04. The first-order valence-electron chi connectivity index (χ1n) is 11.9. The second-order valence-corrected chi connectivity index (χ2v) is 8.74. The van der Waals surface area contributed by atoms with Crippen LogP contribution in [0.5, 0.6) is 0 Å². The Morgan fingerprint density at radius 3 is 2.53 bits per heavy atom. The van der Waals surface area contributed by atoms with Gasteiger partial charge < -0.3 is 10.6 Å². The van der Waals surface area contributed by atoms with Crippen molar-refractivity contribution in [3.05, 3.63) is 48.2 Å². The van der Waals surface area contributed by atoms with E-state index in [-0.39, 0.29) is 18.2 Å². The number of aromatic nitrogens is 7. The Balaban J connectivity index is 1.13. The zero-order valence-electron chi connectivity index (χ0n) is 19.3. The quantitative estimate of drug-likeness (QED) is 0.415. The van der Waals surface area contributed by atoms with E-state index in [0.29, 0.717) is 30.5 Å². The molecule has 0 spiro atoms. The number of aryl methyl sites for hydroxylation is 2. The van der Waals surface area contributed by atoms with E-state index >= 15 is 0 Å². The Labute approximate surface area is 198 Å². The van der Waals surface area contributed by atoms with Gasteiger partial charge in [0.2, 0.25) is 5.91 Å². The molecule has 0 unspecified atom stereocenters. The van der Waals surface area contributed by atoms with Gasteiger partial charge in [0.1, 0.15) is 0 Å². The normalized spacial score (nSPS) is 14.1. The van der Waals surface area contributed by atoms with Gasteiger partial charge in [-0.05, 0) is 43.2 Å². The van der Waals surface area contributed by atoms with Gasteiger partial charge in [0.25, 0.3) is 5.91 Å². The molecule has 1 saturated carbocycles. The third-order valence-electron chi connectivity index (χ3n) is 5.97. The van der Waals surface area contributed by atoms with Crippen LogP contribution in [0.3, 0.4) is 0 Å². The molecule has 11 heteroatoms. The first-order valence-corrected chi connectivity index (χ1v) is 11.9. The maximum absolute atomic E-state index is 12.3. The van der Waals surface area contributed by atoms with E-state index in [0.717, 1.165) is 24.9 Å². The number of amides is 2. The van der Waals surface area contributed by atoms with E-state index in [1.165, 1.54) is 32.1 Å². The van der Waals surface area contributed by atoms with Crippen LogP contribution in [0.1, 0.15) is 61.0 Å². The van der Waals surface area contributed by atoms with Crippen LogP contribution in [-0.2, 0) is 24.3 Å². The van der Waals surface area contributed by atoms with Crippen LogP contribution in [0.2, 0.25) is 0 Å². The highest BCUT2D eigenvalue weighted by molar-refractivity contribution is 5.92. The molecule has 3 heterocycles. The van der Waals surface area contributed by atoms with E-state index < -0.39 is 0 Å². The summed E-state index contributed by atoms with van der Waals surface area (Å²) in [5.41, 5.74) is 1.20. The van der Waals surface area contributed by atoms with Crippen molar-refractivity contribution in [1.29, 1.82) is 0 Å². The third kappa shape index (κ3) is 7.19. The average Bonchev–Trinajstić information content (AvgIpc) is 3.51. The summed E-state index contributed by atoms with van der Waals surface area (Å²) in [5.74, 6) is 0.691. The number of nitrogens with one attached hydrogen (secondary N) is 2. The molecule has 0 bridgehead atoms. The topological polar surface area (TPSA) is 133 Å². The highest BCUT2D eigenvalue weighted by Gasteiger charge is 2.16. The van der Waals surface area contributed by atoms with Crippen LogP contribution in [0.4, 0.5) is 5.82 Å². The van der Waals surface area contributed by atoms with Gasteiger partial charge in [-0.25, -0.2) is 0 Å². The van der Waals surface area contributed by atoms with Crippen molar-refractivity contribution < 1.29 is 9.59 Å². The van der Waals surface area contributed by atoms with Crippen LogP contribution in [0.15, 0.2) is 36.9 Å². The third-order valence-corrected chi connectivity index (χ3v) is 5.97. The monoisotopic (exact) mass is 465 g/mol. The number of pyridine rings is 1. The minimum Gasteiger partial charge on any atom is -0.350 e. The first-order chi connectivity index (χ1) is 16.7. The van der Waals surface area contributed by atoms with E-state index in [1.807, 2.05) is 6.07 Å². The van der Waals surface area contributed by atoms with Gasteiger partial charge in [-0.1, -0.05) is 35.8 Å². The number of unbranched alkanes of at least 4 members (excludes halogenated alkanes) is 1. The van der Waals surface area contributed by atoms with Crippen LogP contribution >= 0.6 is 0 Å². The number of nitrogens with zero attached hydrogens (tertiary/aromatic N) is 7. The number of anilines is 1. The van der Waals surface area contributed by atoms with Gasteiger partial charge >= 0.3 is 0 Å². The van der Waals surface area contributed by atoms with Gasteiger partial charge in [0, 0.05) is 32.0 Å². The van der Waals surface area contributed by atoms with Crippen molar-refractivity contribution in [3.8, 4) is 0 Å². The van der Waals surface area contributed by atoms with Crippen molar-refractivity contribution in [2.45, 2.75) is 64.5 Å². The molecule has 3 aromatic rings. The zero-order chi connectivity index (χ0) is 23.6. The highest BCUT2D eigenvalue weighted by atomic mass is 16.2. The number of rotatable bonds is 11. The smallest absolute Gasteiger partial charge is 0.273 e. The minimum absolute atomic E-state index is 0.155. The van der Waals surface area contributed by atoms with Gasteiger partial charge in [-0.3, -0.25) is 23.9 Å². The predicted molar refractivity (Wildman–Crippen MR) is 125 cm³/mol. The molecule has 11 nitrogen and oxygen atoms in total. The van der Waals surface area contributed by atoms with E-state index in [1.54, 1.807) is 40.2 Å². The summed E-state index contributed by atoms with van der Waals surface area (Å²) in [6, 6.07) is 3.65. The Morgan fingerprint density at radius 2 is 1.76 bits per heavy atom. The van der Waals surface area contributed by atoms with Crippen LogP contribution in [0.25, 0.3) is 0 Å². The summed E-state index contributed by atoms with van der Waals surface area (Å²) in [6.07, 6.45) is 14.9. The fourth-order valence-electron chi connectivity index (χ4n) is 4.12. The Morgan fingerprint density at radius 1 is 1.00 bits per heavy atom. The molecule has 34 heavy (non-hydrogen) atoms. The molecule has 180 valence electrons. The summed E-state index contributed by atoms with van der Waals surface area (Å²) in [4.78, 5) is 28.4. The molecule has 1 aliphatic carbocycles. The fourth-order valence-corrected chi connectivity index (χ4v) is 4.12. The van der Waals surface area contributed by atoms with Crippen molar-refractivity contribution in [2.24, 2.45) is 5.92 Å². The molecule has 1 aliphatic rings. The molecular weight excluding hydrogens is 434 g/mol. The minimum atomic E-state index is -0.162. The maximum atomic E-state index is 12.3. The molecule has 2 N–H and O–H groups in total. The number of hydrogen-bond acceptors (Lipinski definition) is 7. The first kappa shape index (κ1) is 23.5. The van der Waals surface area contributed by atoms with Crippen LogP contribution < -0.4 is 10.6 Å². The van der Waals surface area contributed by atoms with Crippen molar-refractivity contribution in [2.75, 3.05) is 11.9 Å². The summed E-state index contributed by atoms with van der Waals surface area (Å²) < 4.78 is 3.39. The van der Waals surface area contributed by atoms with E-state index in [9.17, 15) is 9.59 Å². The molecule has 3 aromatic heterocycles. The number of carbonyl (C=O) groups excluding carboxylic acids is 2. The summed E-state index contributed by atoms with van der Waals surface area (Å²) >= 11 is 0. The summed E-state index contributed by atoms with van der Waals surface area (Å²) in [7, 11) is 0. The zero-order valence-corrected chi connectivity index (χ0v) is 19.3. The number of carbonyl (C=O) groups is 2. The van der Waals surface area contributed by atoms with Crippen LogP contribution in [-0.4, -0.2) is 53.3 Å². The predicted octanol–water partition coefficient (Wildman–Crippen LogP) is 2.24.